The van der Waals surface area contributed by atoms with Crippen LogP contribution in [0.5, 0.6) is 0 Å². The molecule has 0 fully saturated rings. The predicted molar refractivity (Wildman–Crippen MR) is 79.2 cm³/mol. The second-order valence-electron chi connectivity index (χ2n) is 5.11. The standard InChI is InChI=1S/C14H20N4S/c1-9(2)7-15-8-13-17-18-14(19-13)12-6-5-10(3)16-11(12)4/h5-6,9,15H,7-8H2,1-4H3. The summed E-state index contributed by atoms with van der Waals surface area (Å²) in [6.07, 6.45) is 0. The van der Waals surface area contributed by atoms with E-state index in [1.165, 1.54) is 0 Å². The molecule has 0 unspecified atom stereocenters. The Morgan fingerprint density at radius 1 is 1.21 bits per heavy atom. The SMILES string of the molecule is Cc1ccc(-c2nnc(CNCC(C)C)s2)c(C)n1. The zero-order chi connectivity index (χ0) is 13.8. The van der Waals surface area contributed by atoms with Crippen LogP contribution in [0, 0.1) is 19.8 Å². The molecular formula is C14H20N4S. The molecule has 4 nitrogen and oxygen atoms in total. The third kappa shape index (κ3) is 3.81. The van der Waals surface area contributed by atoms with Gasteiger partial charge >= 0.3 is 0 Å². The lowest BCUT2D eigenvalue weighted by molar-refractivity contribution is 0.550. The second kappa shape index (κ2) is 6.21. The van der Waals surface area contributed by atoms with Gasteiger partial charge in [0.05, 0.1) is 0 Å². The molecule has 2 rings (SSSR count). The van der Waals surface area contributed by atoms with Gasteiger partial charge in [-0.2, -0.15) is 0 Å². The maximum atomic E-state index is 4.47. The Labute approximate surface area is 118 Å². The van der Waals surface area contributed by atoms with Crippen molar-refractivity contribution in [2.45, 2.75) is 34.2 Å². The Morgan fingerprint density at radius 3 is 2.68 bits per heavy atom. The second-order valence-corrected chi connectivity index (χ2v) is 6.17. The molecule has 1 N–H and O–H groups in total. The van der Waals surface area contributed by atoms with E-state index in [0.29, 0.717) is 5.92 Å². The van der Waals surface area contributed by atoms with Crippen molar-refractivity contribution in [3.63, 3.8) is 0 Å². The molecule has 0 saturated carbocycles. The quantitative estimate of drug-likeness (QED) is 0.912. The Balaban J connectivity index is 2.08. The molecule has 0 bridgehead atoms. The van der Waals surface area contributed by atoms with Gasteiger partial charge in [-0.15, -0.1) is 10.2 Å². The number of aromatic nitrogens is 3. The van der Waals surface area contributed by atoms with Crippen molar-refractivity contribution in [2.75, 3.05) is 6.54 Å². The molecule has 0 saturated heterocycles. The van der Waals surface area contributed by atoms with Crippen molar-refractivity contribution in [1.29, 1.82) is 0 Å². The van der Waals surface area contributed by atoms with Crippen LogP contribution >= 0.6 is 11.3 Å². The van der Waals surface area contributed by atoms with Gasteiger partial charge in [0.2, 0.25) is 0 Å². The molecule has 0 aliphatic heterocycles. The summed E-state index contributed by atoms with van der Waals surface area (Å²) in [6, 6.07) is 4.09. The van der Waals surface area contributed by atoms with Crippen molar-refractivity contribution >= 4 is 11.3 Å². The normalized spacial score (nSPS) is 11.2. The van der Waals surface area contributed by atoms with Crippen LogP contribution in [0.15, 0.2) is 12.1 Å². The summed E-state index contributed by atoms with van der Waals surface area (Å²) in [5, 5.41) is 13.9. The summed E-state index contributed by atoms with van der Waals surface area (Å²) in [5.41, 5.74) is 3.13. The van der Waals surface area contributed by atoms with Crippen LogP contribution in [0.3, 0.4) is 0 Å². The summed E-state index contributed by atoms with van der Waals surface area (Å²) in [7, 11) is 0. The first-order valence-electron chi connectivity index (χ1n) is 6.54. The highest BCUT2D eigenvalue weighted by atomic mass is 32.1. The van der Waals surface area contributed by atoms with Gasteiger partial charge in [-0.05, 0) is 38.4 Å². The fraction of sp³-hybridized carbons (Fsp3) is 0.500. The van der Waals surface area contributed by atoms with Crippen LogP contribution < -0.4 is 5.32 Å². The summed E-state index contributed by atoms with van der Waals surface area (Å²) in [6.45, 7) is 10.2. The molecule has 0 atom stereocenters. The predicted octanol–water partition coefficient (Wildman–Crippen LogP) is 2.96. The largest absolute Gasteiger partial charge is 0.310 e. The summed E-state index contributed by atoms with van der Waals surface area (Å²) in [4.78, 5) is 4.47. The van der Waals surface area contributed by atoms with Gasteiger partial charge in [-0.1, -0.05) is 25.2 Å². The maximum absolute atomic E-state index is 4.47. The zero-order valence-electron chi connectivity index (χ0n) is 11.9. The van der Waals surface area contributed by atoms with E-state index < -0.39 is 0 Å². The van der Waals surface area contributed by atoms with Gasteiger partial charge in [0.1, 0.15) is 10.0 Å². The van der Waals surface area contributed by atoms with Gasteiger partial charge in [0.15, 0.2) is 0 Å². The molecule has 0 spiro atoms. The number of pyridine rings is 1. The third-order valence-corrected chi connectivity index (χ3v) is 3.71. The highest BCUT2D eigenvalue weighted by Crippen LogP contribution is 2.25. The monoisotopic (exact) mass is 276 g/mol. The molecule has 0 aliphatic rings. The van der Waals surface area contributed by atoms with E-state index in [1.54, 1.807) is 11.3 Å². The number of nitrogens with one attached hydrogen (secondary N) is 1. The Morgan fingerprint density at radius 2 is 2.00 bits per heavy atom. The molecule has 2 aromatic heterocycles. The van der Waals surface area contributed by atoms with Gasteiger partial charge in [-0.3, -0.25) is 4.98 Å². The molecule has 19 heavy (non-hydrogen) atoms. The van der Waals surface area contributed by atoms with Crippen LogP contribution in [0.4, 0.5) is 0 Å². The topological polar surface area (TPSA) is 50.7 Å². The molecule has 0 aliphatic carbocycles. The van der Waals surface area contributed by atoms with E-state index in [0.717, 1.165) is 40.1 Å². The number of rotatable bonds is 5. The van der Waals surface area contributed by atoms with Crippen LogP contribution in [-0.2, 0) is 6.54 Å². The Hall–Kier alpha value is -1.33. The average molecular weight is 276 g/mol. The zero-order valence-corrected chi connectivity index (χ0v) is 12.7. The summed E-state index contributed by atoms with van der Waals surface area (Å²) in [5.74, 6) is 0.649. The lowest BCUT2D eigenvalue weighted by Crippen LogP contribution is -2.18. The highest BCUT2D eigenvalue weighted by molar-refractivity contribution is 7.14. The first-order chi connectivity index (χ1) is 9.06. The van der Waals surface area contributed by atoms with Gasteiger partial charge in [-0.25, -0.2) is 0 Å². The molecule has 0 amide bonds. The van der Waals surface area contributed by atoms with Crippen molar-refractivity contribution in [3.8, 4) is 10.6 Å². The lowest BCUT2D eigenvalue weighted by Gasteiger charge is -2.04. The summed E-state index contributed by atoms with van der Waals surface area (Å²) < 4.78 is 0. The number of aryl methyl sites for hydroxylation is 2. The summed E-state index contributed by atoms with van der Waals surface area (Å²) >= 11 is 1.63. The average Bonchev–Trinajstić information content (AvgIpc) is 2.77. The molecule has 0 radical (unpaired) electrons. The fourth-order valence-corrected chi connectivity index (χ4v) is 2.70. The third-order valence-electron chi connectivity index (χ3n) is 2.75. The number of nitrogens with zero attached hydrogens (tertiary/aromatic N) is 3. The van der Waals surface area contributed by atoms with Gasteiger partial charge in [0, 0.05) is 23.5 Å². The van der Waals surface area contributed by atoms with Crippen molar-refractivity contribution < 1.29 is 0 Å². The molecule has 2 aromatic rings. The molecule has 5 heteroatoms. The van der Waals surface area contributed by atoms with Crippen LogP contribution in [0.25, 0.3) is 10.6 Å². The minimum absolute atomic E-state index is 0.649. The lowest BCUT2D eigenvalue weighted by atomic mass is 10.2. The first kappa shape index (κ1) is 14.1. The van der Waals surface area contributed by atoms with Crippen molar-refractivity contribution in [3.05, 3.63) is 28.5 Å². The molecule has 0 aromatic carbocycles. The molecule has 102 valence electrons. The number of hydrogen-bond donors (Lipinski definition) is 1. The van der Waals surface area contributed by atoms with Crippen LogP contribution in [0.1, 0.15) is 30.2 Å². The maximum Gasteiger partial charge on any atom is 0.149 e. The Bertz CT molecular complexity index is 548. The van der Waals surface area contributed by atoms with Crippen LogP contribution in [-0.4, -0.2) is 21.7 Å². The number of hydrogen-bond acceptors (Lipinski definition) is 5. The van der Waals surface area contributed by atoms with Crippen molar-refractivity contribution in [2.24, 2.45) is 5.92 Å². The minimum atomic E-state index is 0.649. The fourth-order valence-electron chi connectivity index (χ4n) is 1.81. The van der Waals surface area contributed by atoms with Gasteiger partial charge in [0.25, 0.3) is 0 Å². The van der Waals surface area contributed by atoms with E-state index in [2.05, 4.69) is 40.4 Å². The van der Waals surface area contributed by atoms with Gasteiger partial charge < -0.3 is 5.32 Å². The smallest absolute Gasteiger partial charge is 0.149 e. The van der Waals surface area contributed by atoms with E-state index in [9.17, 15) is 0 Å². The molecule has 2 heterocycles. The van der Waals surface area contributed by atoms with Crippen molar-refractivity contribution in [1.82, 2.24) is 20.5 Å². The van der Waals surface area contributed by atoms with Crippen LogP contribution in [0.2, 0.25) is 0 Å². The molecular weight excluding hydrogens is 256 g/mol. The van der Waals surface area contributed by atoms with E-state index in [4.69, 9.17) is 0 Å². The van der Waals surface area contributed by atoms with E-state index in [1.807, 2.05) is 19.9 Å². The minimum Gasteiger partial charge on any atom is -0.310 e. The highest BCUT2D eigenvalue weighted by Gasteiger charge is 2.09. The van der Waals surface area contributed by atoms with E-state index >= 15 is 0 Å². The Kier molecular flexibility index (Phi) is 4.61. The van der Waals surface area contributed by atoms with E-state index in [-0.39, 0.29) is 0 Å². The first-order valence-corrected chi connectivity index (χ1v) is 7.35.